The molecule has 12 heavy (non-hydrogen) atoms. The van der Waals surface area contributed by atoms with E-state index in [1.807, 2.05) is 0 Å². The van der Waals surface area contributed by atoms with Crippen LogP contribution in [0.3, 0.4) is 0 Å². The fourth-order valence-electron chi connectivity index (χ4n) is 1.91. The van der Waals surface area contributed by atoms with Crippen LogP contribution in [-0.2, 0) is 4.79 Å². The first-order chi connectivity index (χ1) is 5.75. The molecule has 1 saturated heterocycles. The first-order valence-corrected chi connectivity index (χ1v) is 5.44. The molecule has 0 aromatic heterocycles. The Kier molecular flexibility index (Phi) is 2.22. The summed E-state index contributed by atoms with van der Waals surface area (Å²) in [6, 6.07) is 0. The molecule has 2 aliphatic heterocycles. The summed E-state index contributed by atoms with van der Waals surface area (Å²) >= 11 is 1.80. The molecule has 0 aromatic carbocycles. The van der Waals surface area contributed by atoms with Crippen molar-refractivity contribution in [2.45, 2.75) is 25.0 Å². The van der Waals surface area contributed by atoms with E-state index in [9.17, 15) is 4.79 Å². The summed E-state index contributed by atoms with van der Waals surface area (Å²) < 4.78 is 0. The highest BCUT2D eigenvalue weighted by Gasteiger charge is 2.32. The van der Waals surface area contributed by atoms with Gasteiger partial charge in [-0.3, -0.25) is 9.79 Å². The Balaban J connectivity index is 2.08. The SMILES string of the molecule is CC1=NCC2SCC(=O)CC2C1. The van der Waals surface area contributed by atoms with Crippen molar-refractivity contribution >= 4 is 23.3 Å². The van der Waals surface area contributed by atoms with Gasteiger partial charge < -0.3 is 0 Å². The third-order valence-electron chi connectivity index (χ3n) is 2.57. The van der Waals surface area contributed by atoms with Gasteiger partial charge in [0.1, 0.15) is 5.78 Å². The molecule has 0 N–H and O–H groups in total. The first-order valence-electron chi connectivity index (χ1n) is 4.39. The predicted molar refractivity (Wildman–Crippen MR) is 52.0 cm³/mol. The molecule has 0 amide bonds. The van der Waals surface area contributed by atoms with Crippen LogP contribution in [0.2, 0.25) is 0 Å². The number of hydrogen-bond donors (Lipinski definition) is 0. The van der Waals surface area contributed by atoms with Crippen LogP contribution in [0.4, 0.5) is 0 Å². The number of hydrogen-bond acceptors (Lipinski definition) is 3. The van der Waals surface area contributed by atoms with E-state index >= 15 is 0 Å². The van der Waals surface area contributed by atoms with Crippen molar-refractivity contribution in [2.75, 3.05) is 12.3 Å². The van der Waals surface area contributed by atoms with Crippen LogP contribution < -0.4 is 0 Å². The van der Waals surface area contributed by atoms with Gasteiger partial charge in [-0.05, 0) is 19.3 Å². The predicted octanol–water partition coefficient (Wildman–Crippen LogP) is 1.54. The van der Waals surface area contributed by atoms with Crippen LogP contribution in [0.25, 0.3) is 0 Å². The molecule has 0 aliphatic carbocycles. The highest BCUT2D eigenvalue weighted by Crippen LogP contribution is 2.33. The van der Waals surface area contributed by atoms with Crippen LogP contribution in [0, 0.1) is 5.92 Å². The fraction of sp³-hybridized carbons (Fsp3) is 0.778. The van der Waals surface area contributed by atoms with E-state index in [0.29, 0.717) is 17.0 Å². The van der Waals surface area contributed by atoms with Gasteiger partial charge >= 0.3 is 0 Å². The molecule has 2 atom stereocenters. The summed E-state index contributed by atoms with van der Waals surface area (Å²) in [6.07, 6.45) is 1.84. The lowest BCUT2D eigenvalue weighted by Crippen LogP contribution is -2.34. The van der Waals surface area contributed by atoms with Gasteiger partial charge in [0.05, 0.1) is 12.3 Å². The number of ketones is 1. The summed E-state index contributed by atoms with van der Waals surface area (Å²) in [6.45, 7) is 3.01. The number of thioether (sulfide) groups is 1. The Bertz CT molecular complexity index is 237. The number of carbonyl (C=O) groups is 1. The summed E-state index contributed by atoms with van der Waals surface area (Å²) in [5, 5.41) is 0.631. The maximum absolute atomic E-state index is 11.2. The third-order valence-corrected chi connectivity index (χ3v) is 4.02. The summed E-state index contributed by atoms with van der Waals surface area (Å²) in [7, 11) is 0. The monoisotopic (exact) mass is 183 g/mol. The zero-order chi connectivity index (χ0) is 8.55. The molecule has 0 saturated carbocycles. The topological polar surface area (TPSA) is 29.4 Å². The van der Waals surface area contributed by atoms with E-state index < -0.39 is 0 Å². The summed E-state index contributed by atoms with van der Waals surface area (Å²) in [5.74, 6) is 1.74. The van der Waals surface area contributed by atoms with Crippen molar-refractivity contribution in [1.29, 1.82) is 0 Å². The van der Waals surface area contributed by atoms with E-state index in [0.717, 1.165) is 25.1 Å². The highest BCUT2D eigenvalue weighted by molar-refractivity contribution is 8.00. The van der Waals surface area contributed by atoms with E-state index in [-0.39, 0.29) is 0 Å². The molecule has 66 valence electrons. The van der Waals surface area contributed by atoms with Gasteiger partial charge in [0, 0.05) is 17.4 Å². The van der Waals surface area contributed by atoms with Crippen molar-refractivity contribution in [3.05, 3.63) is 0 Å². The minimum atomic E-state index is 0.427. The lowest BCUT2D eigenvalue weighted by Gasteiger charge is -2.32. The molecule has 2 heterocycles. The molecular weight excluding hydrogens is 170 g/mol. The maximum atomic E-state index is 11.2. The lowest BCUT2D eigenvalue weighted by atomic mass is 9.90. The smallest absolute Gasteiger partial charge is 0.143 e. The third kappa shape index (κ3) is 1.56. The van der Waals surface area contributed by atoms with Crippen LogP contribution in [0.1, 0.15) is 19.8 Å². The van der Waals surface area contributed by atoms with Crippen molar-refractivity contribution in [1.82, 2.24) is 0 Å². The fourth-order valence-corrected chi connectivity index (χ4v) is 3.08. The highest BCUT2D eigenvalue weighted by atomic mass is 32.2. The number of nitrogens with zero attached hydrogens (tertiary/aromatic N) is 1. The molecule has 0 bridgehead atoms. The lowest BCUT2D eigenvalue weighted by molar-refractivity contribution is -0.117. The molecule has 2 nitrogen and oxygen atoms in total. The van der Waals surface area contributed by atoms with Crippen molar-refractivity contribution < 1.29 is 4.79 Å². The van der Waals surface area contributed by atoms with Crippen LogP contribution in [-0.4, -0.2) is 29.0 Å². The molecule has 2 unspecified atom stereocenters. The zero-order valence-corrected chi connectivity index (χ0v) is 8.06. The van der Waals surface area contributed by atoms with Gasteiger partial charge in [0.25, 0.3) is 0 Å². The maximum Gasteiger partial charge on any atom is 0.143 e. The molecular formula is C9H13NOS. The van der Waals surface area contributed by atoms with Crippen molar-refractivity contribution in [3.63, 3.8) is 0 Å². The largest absolute Gasteiger partial charge is 0.299 e. The number of aliphatic imine (C=N–C) groups is 1. The molecule has 0 aromatic rings. The van der Waals surface area contributed by atoms with E-state index in [1.165, 1.54) is 5.71 Å². The van der Waals surface area contributed by atoms with Crippen LogP contribution in [0.5, 0.6) is 0 Å². The Labute approximate surface area is 76.8 Å². The van der Waals surface area contributed by atoms with E-state index in [4.69, 9.17) is 0 Å². The molecule has 1 fully saturated rings. The molecule has 0 radical (unpaired) electrons. The summed E-state index contributed by atoms with van der Waals surface area (Å²) in [4.78, 5) is 15.6. The molecule has 0 spiro atoms. The minimum absolute atomic E-state index is 0.427. The van der Waals surface area contributed by atoms with Gasteiger partial charge in [0.15, 0.2) is 0 Å². The number of rotatable bonds is 0. The number of carbonyl (C=O) groups excluding carboxylic acids is 1. The molecule has 2 rings (SSSR count). The van der Waals surface area contributed by atoms with Crippen LogP contribution in [0.15, 0.2) is 4.99 Å². The summed E-state index contributed by atoms with van der Waals surface area (Å²) in [5.41, 5.74) is 1.23. The molecule has 2 aliphatic rings. The van der Waals surface area contributed by atoms with Crippen molar-refractivity contribution in [3.8, 4) is 0 Å². The van der Waals surface area contributed by atoms with Gasteiger partial charge in [0.2, 0.25) is 0 Å². The Morgan fingerprint density at radius 1 is 1.50 bits per heavy atom. The molecule has 3 heteroatoms. The Morgan fingerprint density at radius 3 is 3.17 bits per heavy atom. The Morgan fingerprint density at radius 2 is 2.33 bits per heavy atom. The van der Waals surface area contributed by atoms with Crippen LogP contribution >= 0.6 is 11.8 Å². The normalized spacial score (nSPS) is 35.8. The number of fused-ring (bicyclic) bond motifs is 1. The van der Waals surface area contributed by atoms with E-state index in [2.05, 4.69) is 11.9 Å². The standard InChI is InChI=1S/C9H13NOS/c1-6-2-7-3-8(11)5-12-9(7)4-10-6/h7,9H,2-5H2,1H3. The average Bonchev–Trinajstić information content (AvgIpc) is 2.03. The second-order valence-electron chi connectivity index (χ2n) is 3.63. The van der Waals surface area contributed by atoms with Gasteiger partial charge in [-0.15, -0.1) is 11.8 Å². The zero-order valence-electron chi connectivity index (χ0n) is 7.25. The second-order valence-corrected chi connectivity index (χ2v) is 4.86. The van der Waals surface area contributed by atoms with Gasteiger partial charge in [-0.25, -0.2) is 0 Å². The van der Waals surface area contributed by atoms with E-state index in [1.54, 1.807) is 11.8 Å². The number of Topliss-reactive ketones (excluding diaryl/α,β-unsaturated/α-hetero) is 1. The average molecular weight is 183 g/mol. The quantitative estimate of drug-likeness (QED) is 0.570. The van der Waals surface area contributed by atoms with Gasteiger partial charge in [-0.2, -0.15) is 0 Å². The minimum Gasteiger partial charge on any atom is -0.299 e. The van der Waals surface area contributed by atoms with Crippen molar-refractivity contribution in [2.24, 2.45) is 10.9 Å². The second kappa shape index (κ2) is 3.21. The van der Waals surface area contributed by atoms with Gasteiger partial charge in [-0.1, -0.05) is 0 Å². The Hall–Kier alpha value is -0.310. The first kappa shape index (κ1) is 8.30.